The van der Waals surface area contributed by atoms with Gasteiger partial charge in [-0.1, -0.05) is 5.16 Å². The van der Waals surface area contributed by atoms with Crippen molar-refractivity contribution in [2.24, 2.45) is 13.0 Å². The van der Waals surface area contributed by atoms with E-state index in [4.69, 9.17) is 4.52 Å². The Labute approximate surface area is 152 Å². The highest BCUT2D eigenvalue weighted by Gasteiger charge is 2.31. The van der Waals surface area contributed by atoms with Gasteiger partial charge in [0, 0.05) is 50.3 Å². The first-order valence-corrected chi connectivity index (χ1v) is 9.30. The van der Waals surface area contributed by atoms with Crippen LogP contribution in [0.1, 0.15) is 59.5 Å². The Morgan fingerprint density at radius 2 is 1.96 bits per heavy atom. The Balaban J connectivity index is 1.37. The number of rotatable bonds is 4. The van der Waals surface area contributed by atoms with Crippen LogP contribution in [-0.2, 0) is 13.5 Å². The lowest BCUT2D eigenvalue weighted by Crippen LogP contribution is -2.40. The summed E-state index contributed by atoms with van der Waals surface area (Å²) in [5.41, 5.74) is 1.13. The Bertz CT molecular complexity index is 873. The first kappa shape index (κ1) is 17.0. The van der Waals surface area contributed by atoms with Gasteiger partial charge in [0.05, 0.1) is 0 Å². The first-order valence-electron chi connectivity index (χ1n) is 9.30. The van der Waals surface area contributed by atoms with Crippen LogP contribution in [0.5, 0.6) is 0 Å². The molecule has 0 atom stereocenters. The summed E-state index contributed by atoms with van der Waals surface area (Å²) < 4.78 is 7.11. The SMILES string of the molecule is Cc1cc(=O)cc(C(=O)N2CCC(Cc3noc(C4CC4)n3)CC2)n1C. The molecule has 7 nitrogen and oxygen atoms in total. The minimum absolute atomic E-state index is 0.0673. The molecule has 1 aliphatic carbocycles. The Morgan fingerprint density at radius 1 is 1.23 bits per heavy atom. The quantitative estimate of drug-likeness (QED) is 0.837. The van der Waals surface area contributed by atoms with E-state index in [9.17, 15) is 9.59 Å². The first-order chi connectivity index (χ1) is 12.5. The van der Waals surface area contributed by atoms with Crippen molar-refractivity contribution in [3.63, 3.8) is 0 Å². The number of nitrogens with zero attached hydrogens (tertiary/aromatic N) is 4. The third kappa shape index (κ3) is 3.43. The molecule has 2 aromatic rings. The number of piperidine rings is 1. The zero-order chi connectivity index (χ0) is 18.3. The maximum absolute atomic E-state index is 12.8. The van der Waals surface area contributed by atoms with Gasteiger partial charge in [0.2, 0.25) is 5.89 Å². The molecule has 0 spiro atoms. The van der Waals surface area contributed by atoms with Gasteiger partial charge in [0.1, 0.15) is 5.69 Å². The van der Waals surface area contributed by atoms with Crippen LogP contribution >= 0.6 is 0 Å². The molecule has 26 heavy (non-hydrogen) atoms. The Kier molecular flexibility index (Phi) is 4.38. The second kappa shape index (κ2) is 6.70. The van der Waals surface area contributed by atoms with Crippen LogP contribution in [0.15, 0.2) is 21.5 Å². The molecule has 3 heterocycles. The molecule has 1 saturated heterocycles. The zero-order valence-electron chi connectivity index (χ0n) is 15.3. The monoisotopic (exact) mass is 356 g/mol. The maximum atomic E-state index is 12.8. The predicted octanol–water partition coefficient (Wildman–Crippen LogP) is 2.05. The molecular formula is C19H24N4O3. The normalized spacial score (nSPS) is 18.3. The van der Waals surface area contributed by atoms with Gasteiger partial charge in [-0.05, 0) is 38.5 Å². The number of aryl methyl sites for hydroxylation is 1. The largest absolute Gasteiger partial charge is 0.344 e. The molecule has 0 bridgehead atoms. The van der Waals surface area contributed by atoms with E-state index in [0.29, 0.717) is 30.6 Å². The number of carbonyl (C=O) groups excluding carboxylic acids is 1. The molecule has 2 fully saturated rings. The van der Waals surface area contributed by atoms with Crippen molar-refractivity contribution >= 4 is 5.91 Å². The molecule has 1 saturated carbocycles. The van der Waals surface area contributed by atoms with Gasteiger partial charge in [-0.25, -0.2) is 0 Å². The maximum Gasteiger partial charge on any atom is 0.270 e. The van der Waals surface area contributed by atoms with E-state index in [1.807, 2.05) is 18.9 Å². The summed E-state index contributed by atoms with van der Waals surface area (Å²) in [6.45, 7) is 3.23. The lowest BCUT2D eigenvalue weighted by molar-refractivity contribution is 0.0678. The van der Waals surface area contributed by atoms with E-state index >= 15 is 0 Å². The highest BCUT2D eigenvalue weighted by atomic mass is 16.5. The van der Waals surface area contributed by atoms with Gasteiger partial charge < -0.3 is 14.0 Å². The Hall–Kier alpha value is -2.44. The average molecular weight is 356 g/mol. The minimum atomic E-state index is -0.123. The fraction of sp³-hybridized carbons (Fsp3) is 0.579. The molecule has 7 heteroatoms. The number of hydrogen-bond acceptors (Lipinski definition) is 5. The lowest BCUT2D eigenvalue weighted by atomic mass is 9.93. The van der Waals surface area contributed by atoms with Gasteiger partial charge in [0.15, 0.2) is 11.3 Å². The van der Waals surface area contributed by atoms with Crippen LogP contribution in [0.25, 0.3) is 0 Å². The number of aromatic nitrogens is 3. The van der Waals surface area contributed by atoms with E-state index in [1.54, 1.807) is 10.6 Å². The standard InChI is InChI=1S/C19H24N4O3/c1-12-9-15(24)11-16(22(12)2)19(25)23-7-5-13(6-8-23)10-17-20-18(26-21-17)14-3-4-14/h9,11,13-14H,3-8,10H2,1-2H3. The van der Waals surface area contributed by atoms with Gasteiger partial charge in [-0.2, -0.15) is 4.98 Å². The topological polar surface area (TPSA) is 81.2 Å². The minimum Gasteiger partial charge on any atom is -0.344 e. The highest BCUT2D eigenvalue weighted by molar-refractivity contribution is 5.92. The second-order valence-electron chi connectivity index (χ2n) is 7.54. The van der Waals surface area contributed by atoms with E-state index in [1.165, 1.54) is 6.07 Å². The molecule has 0 aromatic carbocycles. The number of carbonyl (C=O) groups is 1. The third-order valence-corrected chi connectivity index (χ3v) is 5.52. The van der Waals surface area contributed by atoms with Crippen molar-refractivity contribution in [2.75, 3.05) is 13.1 Å². The highest BCUT2D eigenvalue weighted by Crippen LogP contribution is 2.39. The number of pyridine rings is 1. The van der Waals surface area contributed by atoms with Crippen LogP contribution in [-0.4, -0.2) is 38.6 Å². The van der Waals surface area contributed by atoms with Crippen molar-refractivity contribution in [3.05, 3.63) is 45.5 Å². The average Bonchev–Trinajstić information content (AvgIpc) is 3.38. The summed E-state index contributed by atoms with van der Waals surface area (Å²) >= 11 is 0. The van der Waals surface area contributed by atoms with Crippen LogP contribution in [0.3, 0.4) is 0 Å². The molecule has 0 radical (unpaired) electrons. The molecule has 0 N–H and O–H groups in total. The number of amides is 1. The van der Waals surface area contributed by atoms with Crippen molar-refractivity contribution in [1.29, 1.82) is 0 Å². The second-order valence-corrected chi connectivity index (χ2v) is 7.54. The summed E-state index contributed by atoms with van der Waals surface area (Å²) in [5, 5.41) is 4.10. The van der Waals surface area contributed by atoms with Crippen molar-refractivity contribution in [3.8, 4) is 0 Å². The molecule has 1 amide bonds. The smallest absolute Gasteiger partial charge is 0.270 e. The molecule has 2 aliphatic rings. The number of likely N-dealkylation sites (tertiary alicyclic amines) is 1. The van der Waals surface area contributed by atoms with Gasteiger partial charge in [-0.3, -0.25) is 9.59 Å². The summed E-state index contributed by atoms with van der Waals surface area (Å²) in [5.74, 6) is 2.45. The van der Waals surface area contributed by atoms with E-state index in [0.717, 1.165) is 49.5 Å². The zero-order valence-corrected chi connectivity index (χ0v) is 15.3. The number of hydrogen-bond donors (Lipinski definition) is 0. The fourth-order valence-electron chi connectivity index (χ4n) is 3.58. The molecule has 2 aromatic heterocycles. The Morgan fingerprint density at radius 3 is 2.65 bits per heavy atom. The van der Waals surface area contributed by atoms with Crippen molar-refractivity contribution < 1.29 is 9.32 Å². The molecule has 138 valence electrons. The predicted molar refractivity (Wildman–Crippen MR) is 95.0 cm³/mol. The summed E-state index contributed by atoms with van der Waals surface area (Å²) in [6, 6.07) is 2.98. The van der Waals surface area contributed by atoms with Crippen LogP contribution < -0.4 is 5.43 Å². The van der Waals surface area contributed by atoms with E-state index < -0.39 is 0 Å². The van der Waals surface area contributed by atoms with E-state index in [2.05, 4.69) is 10.1 Å². The van der Waals surface area contributed by atoms with Gasteiger partial charge in [-0.15, -0.1) is 0 Å². The molecular weight excluding hydrogens is 332 g/mol. The van der Waals surface area contributed by atoms with E-state index in [-0.39, 0.29) is 11.3 Å². The molecule has 4 rings (SSSR count). The van der Waals surface area contributed by atoms with Gasteiger partial charge >= 0.3 is 0 Å². The summed E-state index contributed by atoms with van der Waals surface area (Å²) in [7, 11) is 1.82. The van der Waals surface area contributed by atoms with Crippen LogP contribution in [0, 0.1) is 12.8 Å². The van der Waals surface area contributed by atoms with Crippen LogP contribution in [0.2, 0.25) is 0 Å². The summed E-state index contributed by atoms with van der Waals surface area (Å²) in [6.07, 6.45) is 4.95. The molecule has 0 unspecified atom stereocenters. The van der Waals surface area contributed by atoms with Gasteiger partial charge in [0.25, 0.3) is 5.91 Å². The lowest BCUT2D eigenvalue weighted by Gasteiger charge is -2.32. The van der Waals surface area contributed by atoms with Crippen molar-refractivity contribution in [2.45, 2.75) is 44.9 Å². The summed E-state index contributed by atoms with van der Waals surface area (Å²) in [4.78, 5) is 30.9. The fourth-order valence-corrected chi connectivity index (χ4v) is 3.58. The molecule has 1 aliphatic heterocycles. The third-order valence-electron chi connectivity index (χ3n) is 5.52. The van der Waals surface area contributed by atoms with Crippen LogP contribution in [0.4, 0.5) is 0 Å². The van der Waals surface area contributed by atoms with Crippen molar-refractivity contribution in [1.82, 2.24) is 19.6 Å².